The topological polar surface area (TPSA) is 75.3 Å². The molecule has 5 heteroatoms. The zero-order valence-corrected chi connectivity index (χ0v) is 18.1. The Morgan fingerprint density at radius 2 is 1.69 bits per heavy atom. The number of ketones is 1. The van der Waals surface area contributed by atoms with E-state index < -0.39 is 17.7 Å². The normalized spacial score (nSPS) is 20.1. The maximum atomic E-state index is 12.9. The zero-order valence-electron chi connectivity index (χ0n) is 18.1. The molecule has 0 saturated heterocycles. The lowest BCUT2D eigenvalue weighted by Crippen LogP contribution is -2.50. The molecule has 0 aliphatic heterocycles. The third-order valence-electron chi connectivity index (χ3n) is 6.04. The van der Waals surface area contributed by atoms with E-state index in [2.05, 4.69) is 24.5 Å². The van der Waals surface area contributed by atoms with Crippen molar-refractivity contribution in [3.05, 3.63) is 35.9 Å². The number of nitrogens with one attached hydrogen (secondary N) is 2. The van der Waals surface area contributed by atoms with Gasteiger partial charge in [-0.1, -0.05) is 57.5 Å². The first-order valence-electron chi connectivity index (χ1n) is 11.1. The quantitative estimate of drug-likeness (QED) is 0.465. The van der Waals surface area contributed by atoms with Crippen molar-refractivity contribution in [3.63, 3.8) is 0 Å². The van der Waals surface area contributed by atoms with Crippen molar-refractivity contribution in [3.8, 4) is 0 Å². The molecular formula is C24H36N2O3. The summed E-state index contributed by atoms with van der Waals surface area (Å²) >= 11 is 0. The van der Waals surface area contributed by atoms with Crippen molar-refractivity contribution in [2.75, 3.05) is 6.54 Å². The molecule has 1 aliphatic rings. The van der Waals surface area contributed by atoms with E-state index in [1.807, 2.05) is 37.3 Å². The van der Waals surface area contributed by atoms with Crippen molar-refractivity contribution >= 4 is 17.6 Å². The Morgan fingerprint density at radius 1 is 1.03 bits per heavy atom. The molecule has 0 radical (unpaired) electrons. The predicted octanol–water partition coefficient (Wildman–Crippen LogP) is 3.66. The van der Waals surface area contributed by atoms with Gasteiger partial charge in [0.05, 0.1) is 0 Å². The fraction of sp³-hybridized carbons (Fsp3) is 0.625. The van der Waals surface area contributed by atoms with Crippen LogP contribution in [0.3, 0.4) is 0 Å². The summed E-state index contributed by atoms with van der Waals surface area (Å²) in [5, 5.41) is 5.58. The smallest absolute Gasteiger partial charge is 0.289 e. The van der Waals surface area contributed by atoms with E-state index in [1.165, 1.54) is 0 Å². The first kappa shape index (κ1) is 23.1. The van der Waals surface area contributed by atoms with E-state index in [0.717, 1.165) is 44.1 Å². The average molecular weight is 401 g/mol. The van der Waals surface area contributed by atoms with E-state index in [0.29, 0.717) is 24.8 Å². The van der Waals surface area contributed by atoms with Crippen LogP contribution in [0.25, 0.3) is 0 Å². The van der Waals surface area contributed by atoms with Gasteiger partial charge in [-0.15, -0.1) is 0 Å². The van der Waals surface area contributed by atoms with Gasteiger partial charge in [0.1, 0.15) is 6.04 Å². The van der Waals surface area contributed by atoms with E-state index in [1.54, 1.807) is 0 Å². The van der Waals surface area contributed by atoms with Crippen LogP contribution in [0.5, 0.6) is 0 Å². The van der Waals surface area contributed by atoms with E-state index in [4.69, 9.17) is 0 Å². The van der Waals surface area contributed by atoms with Crippen LogP contribution in [-0.4, -0.2) is 30.2 Å². The van der Waals surface area contributed by atoms with E-state index in [-0.39, 0.29) is 11.8 Å². The molecule has 2 rings (SSSR count). The van der Waals surface area contributed by atoms with Gasteiger partial charge in [0.25, 0.3) is 5.91 Å². The highest BCUT2D eigenvalue weighted by molar-refractivity contribution is 6.38. The Bertz CT molecular complexity index is 664. The second kappa shape index (κ2) is 11.7. The summed E-state index contributed by atoms with van der Waals surface area (Å²) < 4.78 is 0. The number of amides is 2. The molecular weight excluding hydrogens is 364 g/mol. The van der Waals surface area contributed by atoms with Crippen LogP contribution in [0.4, 0.5) is 0 Å². The minimum absolute atomic E-state index is 0.0702. The molecule has 1 unspecified atom stereocenters. The monoisotopic (exact) mass is 400 g/mol. The van der Waals surface area contributed by atoms with Gasteiger partial charge >= 0.3 is 0 Å². The van der Waals surface area contributed by atoms with Gasteiger partial charge in [0.15, 0.2) is 0 Å². The first-order valence-corrected chi connectivity index (χ1v) is 11.1. The van der Waals surface area contributed by atoms with Crippen LogP contribution in [0.15, 0.2) is 30.3 Å². The molecule has 160 valence electrons. The molecule has 1 aromatic carbocycles. The van der Waals surface area contributed by atoms with Gasteiger partial charge in [-0.2, -0.15) is 0 Å². The van der Waals surface area contributed by atoms with Gasteiger partial charge in [-0.3, -0.25) is 14.4 Å². The van der Waals surface area contributed by atoms with Crippen LogP contribution < -0.4 is 10.6 Å². The number of carbonyl (C=O) groups is 3. The number of hydrogen-bond acceptors (Lipinski definition) is 3. The lowest BCUT2D eigenvalue weighted by atomic mass is 9.76. The summed E-state index contributed by atoms with van der Waals surface area (Å²) in [5.41, 5.74) is 0.927. The van der Waals surface area contributed by atoms with Gasteiger partial charge in [0.2, 0.25) is 11.7 Å². The van der Waals surface area contributed by atoms with Gasteiger partial charge in [0, 0.05) is 18.9 Å². The van der Waals surface area contributed by atoms with Crippen LogP contribution in [0, 0.1) is 17.8 Å². The number of carbonyl (C=O) groups excluding carboxylic acids is 3. The minimum atomic E-state index is -0.825. The molecule has 0 aromatic heterocycles. The lowest BCUT2D eigenvalue weighted by molar-refractivity contribution is -0.140. The average Bonchev–Trinajstić information content (AvgIpc) is 2.73. The molecule has 2 amide bonds. The van der Waals surface area contributed by atoms with Crippen molar-refractivity contribution in [2.24, 2.45) is 17.8 Å². The van der Waals surface area contributed by atoms with E-state index in [9.17, 15) is 14.4 Å². The second-order valence-corrected chi connectivity index (χ2v) is 8.58. The van der Waals surface area contributed by atoms with Gasteiger partial charge in [-0.25, -0.2) is 0 Å². The molecule has 29 heavy (non-hydrogen) atoms. The molecule has 0 spiro atoms. The van der Waals surface area contributed by atoms with Crippen molar-refractivity contribution in [1.29, 1.82) is 0 Å². The van der Waals surface area contributed by atoms with Crippen LogP contribution in [0.1, 0.15) is 64.9 Å². The third-order valence-corrected chi connectivity index (χ3v) is 6.04. The second-order valence-electron chi connectivity index (χ2n) is 8.58. The summed E-state index contributed by atoms with van der Waals surface area (Å²) in [6.45, 7) is 6.97. The lowest BCUT2D eigenvalue weighted by Gasteiger charge is -2.31. The number of rotatable bonds is 10. The highest BCUT2D eigenvalue weighted by atomic mass is 16.2. The summed E-state index contributed by atoms with van der Waals surface area (Å²) in [7, 11) is 0. The summed E-state index contributed by atoms with van der Waals surface area (Å²) in [4.78, 5) is 38.0. The number of benzene rings is 1. The first-order chi connectivity index (χ1) is 13.9. The molecule has 2 N–H and O–H groups in total. The molecule has 0 bridgehead atoms. The SMILES string of the molecule is CCCCNC(=O)C(=O)C(Cc1ccccc1)NC(=O)C1CCC(C(C)C)CC1. The Kier molecular flexibility index (Phi) is 9.36. The zero-order chi connectivity index (χ0) is 21.2. The van der Waals surface area contributed by atoms with Crippen molar-refractivity contribution < 1.29 is 14.4 Å². The highest BCUT2D eigenvalue weighted by Gasteiger charge is 2.32. The number of unbranched alkanes of at least 4 members (excludes halogenated alkanes) is 1. The maximum absolute atomic E-state index is 12.9. The van der Waals surface area contributed by atoms with Crippen molar-refractivity contribution in [2.45, 2.75) is 71.8 Å². The Morgan fingerprint density at radius 3 is 2.28 bits per heavy atom. The summed E-state index contributed by atoms with van der Waals surface area (Å²) in [6.07, 6.45) is 5.89. The molecule has 1 atom stereocenters. The Hall–Kier alpha value is -2.17. The number of Topliss-reactive ketones (excluding diaryl/α,β-unsaturated/α-hetero) is 1. The van der Waals surface area contributed by atoms with Crippen LogP contribution >= 0.6 is 0 Å². The molecule has 1 aliphatic carbocycles. The molecule has 1 saturated carbocycles. The fourth-order valence-corrected chi connectivity index (χ4v) is 4.02. The maximum Gasteiger partial charge on any atom is 0.289 e. The molecule has 0 heterocycles. The van der Waals surface area contributed by atoms with Crippen LogP contribution in [0.2, 0.25) is 0 Å². The third kappa shape index (κ3) is 7.30. The van der Waals surface area contributed by atoms with E-state index >= 15 is 0 Å². The number of hydrogen-bond donors (Lipinski definition) is 2. The summed E-state index contributed by atoms with van der Waals surface area (Å²) in [6, 6.07) is 8.70. The van der Waals surface area contributed by atoms with Gasteiger partial charge < -0.3 is 10.6 Å². The van der Waals surface area contributed by atoms with Crippen LogP contribution in [-0.2, 0) is 20.8 Å². The fourth-order valence-electron chi connectivity index (χ4n) is 4.02. The molecule has 1 aromatic rings. The van der Waals surface area contributed by atoms with Crippen molar-refractivity contribution in [1.82, 2.24) is 10.6 Å². The Labute approximate surface area is 175 Å². The predicted molar refractivity (Wildman–Crippen MR) is 115 cm³/mol. The van der Waals surface area contributed by atoms with Gasteiger partial charge in [-0.05, 0) is 49.5 Å². The minimum Gasteiger partial charge on any atom is -0.349 e. The molecule has 1 fully saturated rings. The Balaban J connectivity index is 2.01. The summed E-state index contributed by atoms with van der Waals surface area (Å²) in [5.74, 6) is -0.0252. The molecule has 5 nitrogen and oxygen atoms in total. The largest absolute Gasteiger partial charge is 0.349 e. The standard InChI is InChI=1S/C24H36N2O3/c1-4-5-15-25-24(29)22(27)21(16-18-9-7-6-8-10-18)26-23(28)20-13-11-19(12-14-20)17(2)3/h6-10,17,19-21H,4-5,11-16H2,1-3H3,(H,25,29)(H,26,28). The highest BCUT2D eigenvalue weighted by Crippen LogP contribution is 2.33.